The molecule has 2 saturated carbocycles. The fraction of sp³-hybridized carbons (Fsp3) is 0.905. The van der Waals surface area contributed by atoms with Gasteiger partial charge in [-0.25, -0.2) is 0 Å². The van der Waals surface area contributed by atoms with E-state index in [0.29, 0.717) is 30.5 Å². The van der Waals surface area contributed by atoms with Crippen LogP contribution in [0.4, 0.5) is 0 Å². The second kappa shape index (κ2) is 8.48. The molecule has 3 atom stereocenters. The molecule has 0 radical (unpaired) electrons. The lowest BCUT2D eigenvalue weighted by Gasteiger charge is -2.36. The molecule has 152 valence electrons. The van der Waals surface area contributed by atoms with Crippen LogP contribution in [0.3, 0.4) is 0 Å². The smallest absolute Gasteiger partial charge is 0.237 e. The second-order valence-corrected chi connectivity index (χ2v) is 9.25. The van der Waals surface area contributed by atoms with Gasteiger partial charge < -0.3 is 15.5 Å². The van der Waals surface area contributed by atoms with Gasteiger partial charge in [0.2, 0.25) is 11.8 Å². The van der Waals surface area contributed by atoms with Crippen LogP contribution in [0.25, 0.3) is 0 Å². The molecule has 4 rings (SSSR count). The number of hydrogen-bond donors (Lipinski definition) is 2. The first-order valence-electron chi connectivity index (χ1n) is 11.2. The van der Waals surface area contributed by atoms with E-state index in [1.165, 1.54) is 25.7 Å². The summed E-state index contributed by atoms with van der Waals surface area (Å²) in [6.45, 7) is 6.44. The van der Waals surface area contributed by atoms with Crippen molar-refractivity contribution in [2.24, 2.45) is 11.8 Å². The Bertz CT molecular complexity index is 540. The molecule has 2 aliphatic heterocycles. The first-order valence-corrected chi connectivity index (χ1v) is 11.2. The molecule has 2 heterocycles. The zero-order valence-electron chi connectivity index (χ0n) is 16.8. The van der Waals surface area contributed by atoms with Crippen LogP contribution in [0.5, 0.6) is 0 Å². The highest BCUT2D eigenvalue weighted by Crippen LogP contribution is 2.39. The molecule has 4 aliphatic rings. The maximum Gasteiger partial charge on any atom is 0.237 e. The summed E-state index contributed by atoms with van der Waals surface area (Å²) < 4.78 is 0. The Kier molecular flexibility index (Phi) is 6.02. The summed E-state index contributed by atoms with van der Waals surface area (Å²) >= 11 is 0. The Labute approximate surface area is 163 Å². The third kappa shape index (κ3) is 5.02. The van der Waals surface area contributed by atoms with Crippen molar-refractivity contribution in [1.29, 1.82) is 0 Å². The van der Waals surface area contributed by atoms with Crippen LogP contribution < -0.4 is 10.6 Å². The quantitative estimate of drug-likeness (QED) is 0.671. The van der Waals surface area contributed by atoms with Crippen LogP contribution in [0.2, 0.25) is 0 Å². The van der Waals surface area contributed by atoms with Gasteiger partial charge in [0.25, 0.3) is 0 Å². The van der Waals surface area contributed by atoms with E-state index in [9.17, 15) is 9.59 Å². The number of piperidine rings is 1. The van der Waals surface area contributed by atoms with E-state index < -0.39 is 0 Å². The Morgan fingerprint density at radius 3 is 2.63 bits per heavy atom. The van der Waals surface area contributed by atoms with Crippen molar-refractivity contribution in [3.8, 4) is 0 Å². The number of likely N-dealkylation sites (tertiary alicyclic amines) is 1. The third-order valence-electron chi connectivity index (χ3n) is 6.88. The predicted molar refractivity (Wildman–Crippen MR) is 105 cm³/mol. The zero-order chi connectivity index (χ0) is 18.8. The summed E-state index contributed by atoms with van der Waals surface area (Å²) in [5.41, 5.74) is 0. The van der Waals surface area contributed by atoms with Gasteiger partial charge in [-0.3, -0.25) is 14.5 Å². The first kappa shape index (κ1) is 19.2. The topological polar surface area (TPSA) is 64.7 Å². The highest BCUT2D eigenvalue weighted by Gasteiger charge is 2.42. The third-order valence-corrected chi connectivity index (χ3v) is 6.88. The largest absolute Gasteiger partial charge is 0.354 e. The molecule has 0 spiro atoms. The molecule has 2 saturated heterocycles. The van der Waals surface area contributed by atoms with E-state index in [2.05, 4.69) is 27.4 Å². The van der Waals surface area contributed by atoms with Crippen molar-refractivity contribution in [2.75, 3.05) is 32.7 Å². The molecule has 0 bridgehead atoms. The van der Waals surface area contributed by atoms with E-state index in [-0.39, 0.29) is 11.9 Å². The van der Waals surface area contributed by atoms with Gasteiger partial charge in [0, 0.05) is 25.2 Å². The summed E-state index contributed by atoms with van der Waals surface area (Å²) in [4.78, 5) is 29.8. The lowest BCUT2D eigenvalue weighted by atomic mass is 9.97. The monoisotopic (exact) mass is 376 g/mol. The molecular weight excluding hydrogens is 340 g/mol. The van der Waals surface area contributed by atoms with Crippen molar-refractivity contribution in [3.05, 3.63) is 0 Å². The lowest BCUT2D eigenvalue weighted by Crippen LogP contribution is -2.50. The van der Waals surface area contributed by atoms with E-state index in [0.717, 1.165) is 57.8 Å². The van der Waals surface area contributed by atoms with E-state index in [1.807, 2.05) is 0 Å². The average Bonchev–Trinajstić information content (AvgIpc) is 3.59. The average molecular weight is 377 g/mol. The lowest BCUT2D eigenvalue weighted by molar-refractivity contribution is -0.136. The highest BCUT2D eigenvalue weighted by atomic mass is 16.2. The Balaban J connectivity index is 1.23. The summed E-state index contributed by atoms with van der Waals surface area (Å²) in [5.74, 6) is 1.69. The van der Waals surface area contributed by atoms with Crippen molar-refractivity contribution in [3.63, 3.8) is 0 Å². The molecular formula is C21H36N4O2. The fourth-order valence-corrected chi connectivity index (χ4v) is 4.93. The summed E-state index contributed by atoms with van der Waals surface area (Å²) in [6, 6.07) is 0.929. The molecule has 4 fully saturated rings. The van der Waals surface area contributed by atoms with Gasteiger partial charge in [-0.1, -0.05) is 0 Å². The van der Waals surface area contributed by atoms with Crippen LogP contribution >= 0.6 is 0 Å². The normalized spacial score (nSPS) is 30.1. The number of nitrogens with zero attached hydrogens (tertiary/aromatic N) is 2. The van der Waals surface area contributed by atoms with Crippen LogP contribution in [0.15, 0.2) is 0 Å². The minimum atomic E-state index is 0.00211. The number of rotatable bonds is 8. The maximum atomic E-state index is 13.0. The van der Waals surface area contributed by atoms with Crippen molar-refractivity contribution in [2.45, 2.75) is 76.4 Å². The molecule has 0 aromatic heterocycles. The maximum absolute atomic E-state index is 13.0. The van der Waals surface area contributed by atoms with Crippen LogP contribution in [-0.2, 0) is 9.59 Å². The van der Waals surface area contributed by atoms with E-state index >= 15 is 0 Å². The Morgan fingerprint density at radius 2 is 1.96 bits per heavy atom. The van der Waals surface area contributed by atoms with Crippen molar-refractivity contribution < 1.29 is 9.59 Å². The van der Waals surface area contributed by atoms with Gasteiger partial charge in [0.1, 0.15) is 0 Å². The van der Waals surface area contributed by atoms with Crippen molar-refractivity contribution >= 4 is 11.8 Å². The van der Waals surface area contributed by atoms with Gasteiger partial charge in [0.05, 0.1) is 12.6 Å². The van der Waals surface area contributed by atoms with E-state index in [1.54, 1.807) is 0 Å². The minimum absolute atomic E-state index is 0.00211. The Morgan fingerprint density at radius 1 is 1.15 bits per heavy atom. The summed E-state index contributed by atoms with van der Waals surface area (Å²) in [7, 11) is 0. The summed E-state index contributed by atoms with van der Waals surface area (Å²) in [6.07, 6.45) is 9.27. The summed E-state index contributed by atoms with van der Waals surface area (Å²) in [5, 5.41) is 6.40. The molecule has 2 amide bonds. The van der Waals surface area contributed by atoms with Crippen LogP contribution in [0, 0.1) is 11.8 Å². The molecule has 0 aromatic carbocycles. The number of carbonyl (C=O) groups is 2. The van der Waals surface area contributed by atoms with Crippen LogP contribution in [-0.4, -0.2) is 72.5 Å². The van der Waals surface area contributed by atoms with E-state index in [4.69, 9.17) is 0 Å². The van der Waals surface area contributed by atoms with Crippen LogP contribution in [0.1, 0.15) is 58.3 Å². The predicted octanol–water partition coefficient (Wildman–Crippen LogP) is 1.36. The van der Waals surface area contributed by atoms with Gasteiger partial charge in [-0.05, 0) is 83.2 Å². The zero-order valence-corrected chi connectivity index (χ0v) is 16.8. The fourth-order valence-electron chi connectivity index (χ4n) is 4.93. The molecule has 3 unspecified atom stereocenters. The molecule has 6 nitrogen and oxygen atoms in total. The first-order chi connectivity index (χ1) is 13.1. The van der Waals surface area contributed by atoms with Gasteiger partial charge in [0.15, 0.2) is 0 Å². The number of nitrogens with one attached hydrogen (secondary N) is 2. The van der Waals surface area contributed by atoms with Gasteiger partial charge >= 0.3 is 0 Å². The molecule has 6 heteroatoms. The SMILES string of the molecule is CC(C1CC1)N(C(=O)CN1CCCC(CNC(=O)C2CCCN2)C1)C1CC1. The minimum Gasteiger partial charge on any atom is -0.354 e. The molecule has 27 heavy (non-hydrogen) atoms. The molecule has 2 N–H and O–H groups in total. The standard InChI is InChI=1S/C21H36N4O2/c1-15(17-6-7-17)25(18-8-9-18)20(26)14-24-11-3-4-16(13-24)12-23-21(27)19-5-2-10-22-19/h15-19,22H,2-14H2,1H3,(H,23,27). The molecule has 2 aliphatic carbocycles. The molecule has 0 aromatic rings. The van der Waals surface area contributed by atoms with Gasteiger partial charge in [-0.15, -0.1) is 0 Å². The van der Waals surface area contributed by atoms with Gasteiger partial charge in [-0.2, -0.15) is 0 Å². The van der Waals surface area contributed by atoms with Crippen molar-refractivity contribution in [1.82, 2.24) is 20.4 Å². The highest BCUT2D eigenvalue weighted by molar-refractivity contribution is 5.82. The number of hydrogen-bond acceptors (Lipinski definition) is 4. The Hall–Kier alpha value is -1.14. The number of carbonyl (C=O) groups excluding carboxylic acids is 2. The number of amides is 2. The second-order valence-electron chi connectivity index (χ2n) is 9.25.